The maximum Gasteiger partial charge on any atom is 1.00 e. The average Bonchev–Trinajstić information content (AvgIpc) is 2.19. The zero-order valence-corrected chi connectivity index (χ0v) is 11.3. The van der Waals surface area contributed by atoms with Gasteiger partial charge in [0.1, 0.15) is 12.0 Å². The van der Waals surface area contributed by atoms with Gasteiger partial charge in [0.05, 0.1) is 0 Å². The first-order valence-electron chi connectivity index (χ1n) is 3.69. The number of hydrogen-bond donors (Lipinski definition) is 0. The van der Waals surface area contributed by atoms with Gasteiger partial charge < -0.3 is 13.9 Å². The minimum absolute atomic E-state index is 0. The molecule has 0 radical (unpaired) electrons. The molecule has 0 amide bonds. The van der Waals surface area contributed by atoms with Gasteiger partial charge in [0, 0.05) is 12.7 Å². The first-order chi connectivity index (χ1) is 6.57. The van der Waals surface area contributed by atoms with Crippen LogP contribution >= 0.6 is 7.82 Å². The topological polar surface area (TPSA) is 75.7 Å². The smallest absolute Gasteiger partial charge is 0.746 e. The summed E-state index contributed by atoms with van der Waals surface area (Å²) in [4.78, 5) is 21.1. The standard InChI is InChI=1S/C8H9O5P.Na/c1-12-14(10,11)13-8-4-2-7(6-9)3-5-8;/h2-6H,1H3,(H,10,11);/q;+1/p-1. The van der Waals surface area contributed by atoms with Crippen LogP contribution < -0.4 is 39.0 Å². The van der Waals surface area contributed by atoms with Gasteiger partial charge in [-0.05, 0) is 24.3 Å². The van der Waals surface area contributed by atoms with E-state index in [2.05, 4.69) is 9.05 Å². The van der Waals surface area contributed by atoms with Crippen molar-refractivity contribution in [1.29, 1.82) is 0 Å². The first kappa shape index (κ1) is 14.8. The molecule has 0 aliphatic rings. The number of rotatable bonds is 4. The third kappa shape index (κ3) is 4.93. The molecule has 5 nitrogen and oxygen atoms in total. The fourth-order valence-electron chi connectivity index (χ4n) is 0.774. The van der Waals surface area contributed by atoms with Crippen molar-refractivity contribution in [2.24, 2.45) is 0 Å². The summed E-state index contributed by atoms with van der Waals surface area (Å²) in [7, 11) is -3.25. The van der Waals surface area contributed by atoms with E-state index < -0.39 is 7.82 Å². The number of phosphoric ester groups is 1. The Morgan fingerprint density at radius 3 is 2.27 bits per heavy atom. The van der Waals surface area contributed by atoms with Crippen molar-refractivity contribution >= 4 is 14.1 Å². The van der Waals surface area contributed by atoms with Gasteiger partial charge >= 0.3 is 37.4 Å². The zero-order valence-electron chi connectivity index (χ0n) is 8.38. The Labute approximate surface area is 109 Å². The van der Waals surface area contributed by atoms with Crippen molar-refractivity contribution in [1.82, 2.24) is 0 Å². The summed E-state index contributed by atoms with van der Waals surface area (Å²) in [5.41, 5.74) is 0.440. The summed E-state index contributed by atoms with van der Waals surface area (Å²) in [5, 5.41) is 0. The van der Waals surface area contributed by atoms with Crippen molar-refractivity contribution < 1.29 is 52.9 Å². The van der Waals surface area contributed by atoms with E-state index in [-0.39, 0.29) is 35.3 Å². The van der Waals surface area contributed by atoms with Crippen molar-refractivity contribution in [2.45, 2.75) is 0 Å². The second kappa shape index (κ2) is 6.43. The first-order valence-corrected chi connectivity index (χ1v) is 5.15. The molecule has 0 saturated carbocycles. The van der Waals surface area contributed by atoms with Gasteiger partial charge in [-0.1, -0.05) is 0 Å². The van der Waals surface area contributed by atoms with E-state index in [1.807, 2.05) is 0 Å². The Balaban J connectivity index is 0.00000196. The molecule has 0 heterocycles. The predicted octanol–water partition coefficient (Wildman–Crippen LogP) is -2.00. The van der Waals surface area contributed by atoms with Crippen molar-refractivity contribution in [3.8, 4) is 5.75 Å². The number of aldehydes is 1. The van der Waals surface area contributed by atoms with Crippen LogP contribution in [-0.2, 0) is 9.09 Å². The van der Waals surface area contributed by atoms with Gasteiger partial charge in [0.15, 0.2) is 0 Å². The molecule has 1 aromatic carbocycles. The molecule has 0 saturated heterocycles. The van der Waals surface area contributed by atoms with Crippen LogP contribution in [0.2, 0.25) is 0 Å². The third-order valence-corrected chi connectivity index (χ3v) is 2.34. The van der Waals surface area contributed by atoms with E-state index in [1.54, 1.807) is 0 Å². The summed E-state index contributed by atoms with van der Waals surface area (Å²) in [5.74, 6) is 0.107. The number of hydrogen-bond acceptors (Lipinski definition) is 5. The summed E-state index contributed by atoms with van der Waals surface area (Å²) in [6, 6.07) is 5.62. The predicted molar refractivity (Wildman–Crippen MR) is 47.1 cm³/mol. The molecule has 0 N–H and O–H groups in total. The van der Waals surface area contributed by atoms with E-state index >= 15 is 0 Å². The number of carbonyl (C=O) groups excluding carboxylic acids is 1. The van der Waals surface area contributed by atoms with Crippen LogP contribution in [0.1, 0.15) is 10.4 Å². The SMILES string of the molecule is COP(=O)([O-])Oc1ccc(C=O)cc1.[Na+]. The molecular weight excluding hydrogens is 230 g/mol. The molecular formula is C8H8NaO5P. The van der Waals surface area contributed by atoms with Gasteiger partial charge in [-0.3, -0.25) is 9.36 Å². The van der Waals surface area contributed by atoms with Crippen LogP contribution in [0, 0.1) is 0 Å². The van der Waals surface area contributed by atoms with Crippen molar-refractivity contribution in [3.05, 3.63) is 29.8 Å². The van der Waals surface area contributed by atoms with E-state index in [1.165, 1.54) is 24.3 Å². The molecule has 15 heavy (non-hydrogen) atoms. The van der Waals surface area contributed by atoms with Gasteiger partial charge in [-0.15, -0.1) is 0 Å². The van der Waals surface area contributed by atoms with Crippen LogP contribution in [0.4, 0.5) is 0 Å². The van der Waals surface area contributed by atoms with Crippen LogP contribution in [0.3, 0.4) is 0 Å². The maximum absolute atomic E-state index is 10.8. The van der Waals surface area contributed by atoms with E-state index in [9.17, 15) is 14.3 Å². The van der Waals surface area contributed by atoms with Crippen molar-refractivity contribution in [3.63, 3.8) is 0 Å². The molecule has 0 aliphatic heterocycles. The molecule has 0 fully saturated rings. The normalized spacial score (nSPS) is 13.5. The van der Waals surface area contributed by atoms with E-state index in [0.717, 1.165) is 7.11 Å². The van der Waals surface area contributed by atoms with Crippen molar-refractivity contribution in [2.75, 3.05) is 7.11 Å². The second-order valence-corrected chi connectivity index (χ2v) is 3.85. The van der Waals surface area contributed by atoms with Gasteiger partial charge in [-0.25, -0.2) is 0 Å². The number of phosphoric acid groups is 1. The minimum atomic E-state index is -4.26. The number of benzene rings is 1. The average molecular weight is 238 g/mol. The molecule has 7 heteroatoms. The zero-order chi connectivity index (χ0) is 10.6. The van der Waals surface area contributed by atoms with Gasteiger partial charge in [0.2, 0.25) is 0 Å². The summed E-state index contributed by atoms with van der Waals surface area (Å²) < 4.78 is 19.5. The summed E-state index contributed by atoms with van der Waals surface area (Å²) in [6.45, 7) is 0. The van der Waals surface area contributed by atoms with Gasteiger partial charge in [-0.2, -0.15) is 0 Å². The van der Waals surface area contributed by atoms with Crippen LogP contribution in [0.25, 0.3) is 0 Å². The molecule has 1 atom stereocenters. The molecule has 0 bridgehead atoms. The fourth-order valence-corrected chi connectivity index (χ4v) is 1.23. The Morgan fingerprint density at radius 2 is 1.87 bits per heavy atom. The fraction of sp³-hybridized carbons (Fsp3) is 0.125. The number of carbonyl (C=O) groups is 1. The molecule has 1 unspecified atom stereocenters. The molecule has 0 aromatic heterocycles. The largest absolute Gasteiger partial charge is 1.00 e. The molecule has 0 aliphatic carbocycles. The monoisotopic (exact) mass is 238 g/mol. The van der Waals surface area contributed by atoms with Crippen LogP contribution in [-0.4, -0.2) is 13.4 Å². The Bertz CT molecular complexity index is 364. The van der Waals surface area contributed by atoms with E-state index in [4.69, 9.17) is 0 Å². The Hall–Kier alpha value is -0.160. The molecule has 0 spiro atoms. The minimum Gasteiger partial charge on any atom is -0.746 e. The molecule has 76 valence electrons. The van der Waals surface area contributed by atoms with E-state index in [0.29, 0.717) is 11.8 Å². The Morgan fingerprint density at radius 1 is 1.33 bits per heavy atom. The summed E-state index contributed by atoms with van der Waals surface area (Å²) >= 11 is 0. The Kier molecular flexibility index (Phi) is 6.36. The molecule has 1 aromatic rings. The quantitative estimate of drug-likeness (QED) is 0.344. The van der Waals surface area contributed by atoms with Gasteiger partial charge in [0.25, 0.3) is 0 Å². The van der Waals surface area contributed by atoms with Crippen LogP contribution in [0.15, 0.2) is 24.3 Å². The maximum atomic E-state index is 10.8. The van der Waals surface area contributed by atoms with Crippen LogP contribution in [0.5, 0.6) is 5.75 Å². The molecule has 1 rings (SSSR count). The third-order valence-electron chi connectivity index (χ3n) is 1.46. The summed E-state index contributed by atoms with van der Waals surface area (Å²) in [6.07, 6.45) is 0.650. The second-order valence-electron chi connectivity index (χ2n) is 2.41.